The molecule has 0 saturated carbocycles. The molecular formula is C14H23N3O. The summed E-state index contributed by atoms with van der Waals surface area (Å²) >= 11 is 0. The zero-order chi connectivity index (χ0) is 13.2. The van der Waals surface area contributed by atoms with Crippen LogP contribution in [0.5, 0.6) is 0 Å². The van der Waals surface area contributed by atoms with E-state index in [1.807, 2.05) is 24.7 Å². The average molecular weight is 249 g/mol. The van der Waals surface area contributed by atoms with Crippen LogP contribution in [0.1, 0.15) is 44.0 Å². The number of carbonyl (C=O) groups is 1. The molecule has 2 heterocycles. The smallest absolute Gasteiger partial charge is 0.158 e. The maximum absolute atomic E-state index is 12.6. The Hall–Kier alpha value is -1.16. The van der Waals surface area contributed by atoms with Crippen LogP contribution in [-0.4, -0.2) is 27.6 Å². The molecule has 0 aliphatic carbocycles. The number of aryl methyl sites for hydroxylation is 2. The van der Waals surface area contributed by atoms with Gasteiger partial charge in [0, 0.05) is 12.7 Å². The Labute approximate surface area is 109 Å². The third-order valence-corrected chi connectivity index (χ3v) is 3.89. The highest BCUT2D eigenvalue weighted by molar-refractivity contribution is 5.90. The maximum atomic E-state index is 12.6. The standard InChI is InChI=1S/C14H23N3O/c1-4-6-14(7-5-8-15-14)13(18)10-12-9-11(2)16-17(12)3/h9,15H,4-8,10H2,1-3H3. The number of Topliss-reactive ketones (excluding diaryl/α,β-unsaturated/α-hetero) is 1. The van der Waals surface area contributed by atoms with Crippen molar-refractivity contribution >= 4 is 5.78 Å². The van der Waals surface area contributed by atoms with Crippen molar-refractivity contribution in [2.24, 2.45) is 7.05 Å². The fourth-order valence-electron chi connectivity index (χ4n) is 2.99. The molecule has 0 spiro atoms. The Morgan fingerprint density at radius 2 is 2.39 bits per heavy atom. The second-order valence-electron chi connectivity index (χ2n) is 5.36. The normalized spacial score (nSPS) is 23.5. The Morgan fingerprint density at radius 3 is 2.89 bits per heavy atom. The second-order valence-corrected chi connectivity index (χ2v) is 5.36. The summed E-state index contributed by atoms with van der Waals surface area (Å²) in [6, 6.07) is 2.01. The van der Waals surface area contributed by atoms with Crippen LogP contribution < -0.4 is 5.32 Å². The molecule has 0 amide bonds. The molecule has 4 heteroatoms. The first-order valence-corrected chi connectivity index (χ1v) is 6.85. The van der Waals surface area contributed by atoms with Crippen LogP contribution in [0, 0.1) is 6.92 Å². The number of rotatable bonds is 5. The molecule has 100 valence electrons. The molecule has 18 heavy (non-hydrogen) atoms. The lowest BCUT2D eigenvalue weighted by Crippen LogP contribution is -2.48. The van der Waals surface area contributed by atoms with Gasteiger partial charge in [-0.25, -0.2) is 0 Å². The molecule has 1 aromatic heterocycles. The van der Waals surface area contributed by atoms with Crippen molar-refractivity contribution in [3.63, 3.8) is 0 Å². The lowest BCUT2D eigenvalue weighted by molar-refractivity contribution is -0.124. The highest BCUT2D eigenvalue weighted by Gasteiger charge is 2.39. The van der Waals surface area contributed by atoms with Crippen LogP contribution in [0.25, 0.3) is 0 Å². The zero-order valence-corrected chi connectivity index (χ0v) is 11.6. The number of hydrogen-bond acceptors (Lipinski definition) is 3. The summed E-state index contributed by atoms with van der Waals surface area (Å²) in [5.74, 6) is 0.324. The van der Waals surface area contributed by atoms with Gasteiger partial charge in [-0.2, -0.15) is 5.10 Å². The van der Waals surface area contributed by atoms with E-state index in [1.54, 1.807) is 0 Å². The Kier molecular flexibility index (Phi) is 3.85. The molecule has 1 atom stereocenters. The molecule has 1 N–H and O–H groups in total. The lowest BCUT2D eigenvalue weighted by Gasteiger charge is -2.27. The van der Waals surface area contributed by atoms with E-state index in [1.165, 1.54) is 0 Å². The van der Waals surface area contributed by atoms with Crippen LogP contribution in [-0.2, 0) is 18.3 Å². The predicted molar refractivity (Wildman–Crippen MR) is 71.5 cm³/mol. The molecule has 2 rings (SSSR count). The number of carbonyl (C=O) groups excluding carboxylic acids is 1. The molecule has 1 fully saturated rings. The summed E-state index contributed by atoms with van der Waals surface area (Å²) in [6.45, 7) is 5.07. The van der Waals surface area contributed by atoms with Gasteiger partial charge >= 0.3 is 0 Å². The van der Waals surface area contributed by atoms with Crippen LogP contribution in [0.2, 0.25) is 0 Å². The molecule has 4 nitrogen and oxygen atoms in total. The van der Waals surface area contributed by atoms with E-state index in [0.717, 1.165) is 43.6 Å². The van der Waals surface area contributed by atoms with E-state index in [0.29, 0.717) is 12.2 Å². The van der Waals surface area contributed by atoms with Crippen molar-refractivity contribution in [2.75, 3.05) is 6.54 Å². The summed E-state index contributed by atoms with van der Waals surface area (Å²) in [6.07, 6.45) is 4.57. The van der Waals surface area contributed by atoms with Gasteiger partial charge in [0.15, 0.2) is 5.78 Å². The molecule has 0 radical (unpaired) electrons. The van der Waals surface area contributed by atoms with Gasteiger partial charge in [-0.1, -0.05) is 13.3 Å². The summed E-state index contributed by atoms with van der Waals surface area (Å²) in [5.41, 5.74) is 1.72. The fraction of sp³-hybridized carbons (Fsp3) is 0.714. The van der Waals surface area contributed by atoms with Gasteiger partial charge in [-0.3, -0.25) is 9.48 Å². The van der Waals surface area contributed by atoms with E-state index in [2.05, 4.69) is 17.3 Å². The van der Waals surface area contributed by atoms with E-state index < -0.39 is 0 Å². The highest BCUT2D eigenvalue weighted by atomic mass is 16.1. The topological polar surface area (TPSA) is 46.9 Å². The summed E-state index contributed by atoms with van der Waals surface area (Å²) in [4.78, 5) is 12.6. The molecule has 1 saturated heterocycles. The van der Waals surface area contributed by atoms with Gasteiger partial charge in [0.25, 0.3) is 0 Å². The molecule has 0 bridgehead atoms. The van der Waals surface area contributed by atoms with E-state index >= 15 is 0 Å². The number of nitrogens with one attached hydrogen (secondary N) is 1. The van der Waals surface area contributed by atoms with Crippen molar-refractivity contribution < 1.29 is 4.79 Å². The highest BCUT2D eigenvalue weighted by Crippen LogP contribution is 2.27. The minimum Gasteiger partial charge on any atom is -0.305 e. The number of aromatic nitrogens is 2. The Balaban J connectivity index is 2.12. The minimum atomic E-state index is -0.271. The summed E-state index contributed by atoms with van der Waals surface area (Å²) in [7, 11) is 1.91. The molecular weight excluding hydrogens is 226 g/mol. The predicted octanol–water partition coefficient (Wildman–Crippen LogP) is 1.76. The Morgan fingerprint density at radius 1 is 1.61 bits per heavy atom. The molecule has 1 unspecified atom stereocenters. The van der Waals surface area contributed by atoms with Crippen molar-refractivity contribution in [1.82, 2.24) is 15.1 Å². The van der Waals surface area contributed by atoms with Crippen molar-refractivity contribution in [3.05, 3.63) is 17.5 Å². The van der Waals surface area contributed by atoms with Gasteiger partial charge in [-0.05, 0) is 38.8 Å². The van der Waals surface area contributed by atoms with Gasteiger partial charge in [0.2, 0.25) is 0 Å². The molecule has 1 aliphatic rings. The largest absolute Gasteiger partial charge is 0.305 e. The SMILES string of the molecule is CCCC1(C(=O)Cc2cc(C)nn2C)CCCN1. The summed E-state index contributed by atoms with van der Waals surface area (Å²) in [5, 5.41) is 7.74. The first-order valence-electron chi connectivity index (χ1n) is 6.85. The van der Waals surface area contributed by atoms with Crippen molar-refractivity contribution in [2.45, 2.75) is 51.5 Å². The Bertz CT molecular complexity index is 430. The third-order valence-electron chi connectivity index (χ3n) is 3.89. The number of nitrogens with zero attached hydrogens (tertiary/aromatic N) is 2. The van der Waals surface area contributed by atoms with Crippen molar-refractivity contribution in [3.8, 4) is 0 Å². The first kappa shape index (κ1) is 13.3. The van der Waals surface area contributed by atoms with Gasteiger partial charge in [0.1, 0.15) is 0 Å². The van der Waals surface area contributed by atoms with Crippen LogP contribution >= 0.6 is 0 Å². The summed E-state index contributed by atoms with van der Waals surface area (Å²) < 4.78 is 1.82. The van der Waals surface area contributed by atoms with Crippen LogP contribution in [0.4, 0.5) is 0 Å². The van der Waals surface area contributed by atoms with E-state index in [4.69, 9.17) is 0 Å². The van der Waals surface area contributed by atoms with E-state index in [9.17, 15) is 4.79 Å². The van der Waals surface area contributed by atoms with Gasteiger partial charge < -0.3 is 5.32 Å². The van der Waals surface area contributed by atoms with Crippen molar-refractivity contribution in [1.29, 1.82) is 0 Å². The van der Waals surface area contributed by atoms with Crippen LogP contribution in [0.15, 0.2) is 6.07 Å². The fourth-order valence-corrected chi connectivity index (χ4v) is 2.99. The van der Waals surface area contributed by atoms with Gasteiger partial charge in [-0.15, -0.1) is 0 Å². The molecule has 0 aromatic carbocycles. The lowest BCUT2D eigenvalue weighted by atomic mass is 9.85. The third kappa shape index (κ3) is 2.48. The second kappa shape index (κ2) is 5.22. The van der Waals surface area contributed by atoms with Gasteiger partial charge in [0.05, 0.1) is 17.7 Å². The minimum absolute atomic E-state index is 0.271. The quantitative estimate of drug-likeness (QED) is 0.865. The molecule has 1 aromatic rings. The monoisotopic (exact) mass is 249 g/mol. The molecule has 1 aliphatic heterocycles. The average Bonchev–Trinajstić information content (AvgIpc) is 2.88. The number of ketones is 1. The first-order chi connectivity index (χ1) is 8.57. The maximum Gasteiger partial charge on any atom is 0.158 e. The van der Waals surface area contributed by atoms with Crippen LogP contribution in [0.3, 0.4) is 0 Å². The number of hydrogen-bond donors (Lipinski definition) is 1. The van der Waals surface area contributed by atoms with E-state index in [-0.39, 0.29) is 5.54 Å². The zero-order valence-electron chi connectivity index (χ0n) is 11.6.